The van der Waals surface area contributed by atoms with Gasteiger partial charge in [-0.1, -0.05) is 11.2 Å². The first-order chi connectivity index (χ1) is 23.6. The average Bonchev–Trinajstić information content (AvgIpc) is 3.68. The molecular formula is C36H44F2N8O3. The molecule has 2 saturated heterocycles. The molecule has 3 aliphatic carbocycles. The molecule has 5 aliphatic rings. The molecule has 8 rings (SSSR count). The summed E-state index contributed by atoms with van der Waals surface area (Å²) in [5, 5.41) is 18.2. The summed E-state index contributed by atoms with van der Waals surface area (Å²) in [6.45, 7) is 4.50. The van der Waals surface area contributed by atoms with E-state index in [1.54, 1.807) is 7.11 Å². The zero-order valence-electron chi connectivity index (χ0n) is 28.4. The molecular weight excluding hydrogens is 630 g/mol. The van der Waals surface area contributed by atoms with E-state index < -0.39 is 16.9 Å². The Morgan fingerprint density at radius 1 is 1.16 bits per heavy atom. The summed E-state index contributed by atoms with van der Waals surface area (Å²) in [7, 11) is 3.80. The van der Waals surface area contributed by atoms with Crippen molar-refractivity contribution in [1.82, 2.24) is 25.3 Å². The molecule has 4 heterocycles. The van der Waals surface area contributed by atoms with Crippen LogP contribution in [0.2, 0.25) is 0 Å². The van der Waals surface area contributed by atoms with Crippen LogP contribution >= 0.6 is 0 Å². The highest BCUT2D eigenvalue weighted by Crippen LogP contribution is 2.53. The number of nitrogen functional groups attached to an aromatic ring is 1. The van der Waals surface area contributed by atoms with Crippen molar-refractivity contribution >= 4 is 11.5 Å². The van der Waals surface area contributed by atoms with Crippen molar-refractivity contribution in [2.45, 2.75) is 99.8 Å². The highest BCUT2D eigenvalue weighted by molar-refractivity contribution is 5.67. The number of nitrogens with one attached hydrogen (secondary N) is 1. The number of nitrogens with zero attached hydrogens (tertiary/aromatic N) is 6. The van der Waals surface area contributed by atoms with E-state index in [4.69, 9.17) is 29.7 Å². The number of aryl methyl sites for hydroxylation is 1. The van der Waals surface area contributed by atoms with E-state index in [1.165, 1.54) is 0 Å². The Bertz CT molecular complexity index is 1800. The SMILES string of the molecule is CO[C@H]1CCN(C)[C@@H]1[C@H](C)Oc1cc(N2CCNC3(C2)CC(F)(F)C3)nc(-c2noc3c2CCC[C@@]32CCCc3ccc(N)c(C#N)c32)n1. The van der Waals surface area contributed by atoms with E-state index in [2.05, 4.69) is 33.4 Å². The number of likely N-dealkylation sites (tertiary alicyclic amines) is 1. The number of hydrogen-bond donors (Lipinski definition) is 2. The van der Waals surface area contributed by atoms with E-state index in [0.29, 0.717) is 54.1 Å². The molecule has 260 valence electrons. The maximum atomic E-state index is 14.1. The lowest BCUT2D eigenvalue weighted by Crippen LogP contribution is -2.70. The molecule has 1 aromatic carbocycles. The summed E-state index contributed by atoms with van der Waals surface area (Å²) in [4.78, 5) is 14.3. The summed E-state index contributed by atoms with van der Waals surface area (Å²) >= 11 is 0. The molecule has 3 N–H and O–H groups in total. The second kappa shape index (κ2) is 11.9. The number of benzene rings is 1. The lowest BCUT2D eigenvalue weighted by molar-refractivity contribution is -0.133. The molecule has 1 saturated carbocycles. The largest absolute Gasteiger partial charge is 0.473 e. The number of halogens is 2. The topological polar surface area (TPSA) is 139 Å². The third kappa shape index (κ3) is 5.34. The Balaban J connectivity index is 1.20. The van der Waals surface area contributed by atoms with Crippen molar-refractivity contribution in [3.05, 3.63) is 46.2 Å². The minimum absolute atomic E-state index is 0.0264. The molecule has 49 heavy (non-hydrogen) atoms. The van der Waals surface area contributed by atoms with Gasteiger partial charge in [0.1, 0.15) is 18.0 Å². The molecule has 0 amide bonds. The van der Waals surface area contributed by atoms with Crippen LogP contribution in [0, 0.1) is 11.3 Å². The van der Waals surface area contributed by atoms with Crippen molar-refractivity contribution in [3.63, 3.8) is 0 Å². The number of rotatable bonds is 6. The third-order valence-electron chi connectivity index (χ3n) is 11.8. The molecule has 2 spiro atoms. The van der Waals surface area contributed by atoms with Crippen molar-refractivity contribution in [2.24, 2.45) is 0 Å². The second-order valence-electron chi connectivity index (χ2n) is 14.9. The van der Waals surface area contributed by atoms with Crippen LogP contribution < -0.4 is 20.7 Å². The van der Waals surface area contributed by atoms with Crippen LogP contribution in [0.15, 0.2) is 22.7 Å². The van der Waals surface area contributed by atoms with Gasteiger partial charge in [-0.3, -0.25) is 4.90 Å². The van der Waals surface area contributed by atoms with E-state index in [1.807, 2.05) is 25.1 Å². The number of hydrogen-bond acceptors (Lipinski definition) is 11. The predicted octanol–water partition coefficient (Wildman–Crippen LogP) is 4.61. The Hall–Kier alpha value is -3.86. The molecule has 11 nitrogen and oxygen atoms in total. The smallest absolute Gasteiger partial charge is 0.251 e. The number of methoxy groups -OCH3 is 1. The van der Waals surface area contributed by atoms with E-state index in [-0.39, 0.29) is 31.1 Å². The third-order valence-corrected chi connectivity index (χ3v) is 11.8. The minimum atomic E-state index is -2.66. The number of fused-ring (bicyclic) bond motifs is 4. The van der Waals surface area contributed by atoms with Crippen LogP contribution in [0.3, 0.4) is 0 Å². The highest BCUT2D eigenvalue weighted by Gasteiger charge is 2.58. The van der Waals surface area contributed by atoms with Gasteiger partial charge in [-0.25, -0.2) is 13.8 Å². The first kappa shape index (κ1) is 32.4. The summed E-state index contributed by atoms with van der Waals surface area (Å²) < 4.78 is 46.9. The Kier molecular flexibility index (Phi) is 7.85. The van der Waals surface area contributed by atoms with Crippen molar-refractivity contribution in [1.29, 1.82) is 5.26 Å². The Labute approximate surface area is 285 Å². The number of likely N-dealkylation sites (N-methyl/N-ethyl adjacent to an activating group) is 1. The van der Waals surface area contributed by atoms with Crippen LogP contribution in [0.4, 0.5) is 20.3 Å². The van der Waals surface area contributed by atoms with Gasteiger partial charge in [0.2, 0.25) is 5.88 Å². The van der Waals surface area contributed by atoms with Gasteiger partial charge in [-0.05, 0) is 76.1 Å². The van der Waals surface area contributed by atoms with Crippen LogP contribution in [0.5, 0.6) is 5.88 Å². The quantitative estimate of drug-likeness (QED) is 0.355. The van der Waals surface area contributed by atoms with E-state index in [0.717, 1.165) is 73.9 Å². The first-order valence-electron chi connectivity index (χ1n) is 17.5. The fourth-order valence-corrected chi connectivity index (χ4v) is 9.67. The molecule has 0 radical (unpaired) electrons. The molecule has 3 aromatic rings. The summed E-state index contributed by atoms with van der Waals surface area (Å²) in [6, 6.07) is 8.11. The molecule has 0 bridgehead atoms. The van der Waals surface area contributed by atoms with Crippen molar-refractivity contribution < 1.29 is 22.8 Å². The maximum absolute atomic E-state index is 14.1. The number of anilines is 2. The Morgan fingerprint density at radius 3 is 2.71 bits per heavy atom. The molecule has 2 aliphatic heterocycles. The van der Waals surface area contributed by atoms with E-state index in [9.17, 15) is 14.0 Å². The number of alkyl halides is 2. The average molecular weight is 675 g/mol. The number of nitrogens with two attached hydrogens (primary N) is 1. The van der Waals surface area contributed by atoms with Crippen molar-refractivity contribution in [3.8, 4) is 23.5 Å². The second-order valence-corrected chi connectivity index (χ2v) is 14.9. The van der Waals surface area contributed by atoms with Crippen LogP contribution in [-0.4, -0.2) is 90.1 Å². The van der Waals surface area contributed by atoms with Gasteiger partial charge in [-0.2, -0.15) is 10.2 Å². The van der Waals surface area contributed by atoms with Gasteiger partial charge >= 0.3 is 0 Å². The van der Waals surface area contributed by atoms with Gasteiger partial charge in [-0.15, -0.1) is 0 Å². The van der Waals surface area contributed by atoms with Gasteiger partial charge in [0.05, 0.1) is 23.1 Å². The van der Waals surface area contributed by atoms with Crippen LogP contribution in [0.1, 0.15) is 79.9 Å². The Morgan fingerprint density at radius 2 is 1.96 bits per heavy atom. The fourth-order valence-electron chi connectivity index (χ4n) is 9.67. The van der Waals surface area contributed by atoms with Gasteiger partial charge in [0.25, 0.3) is 5.92 Å². The molecule has 13 heteroatoms. The number of ether oxygens (including phenoxy) is 2. The molecule has 4 atom stereocenters. The zero-order chi connectivity index (χ0) is 34.1. The normalized spacial score (nSPS) is 27.7. The van der Waals surface area contributed by atoms with Gasteiger partial charge < -0.3 is 29.9 Å². The number of nitriles is 1. The van der Waals surface area contributed by atoms with Gasteiger partial charge in [0, 0.05) is 69.0 Å². The number of piperazine rings is 1. The standard InChI is InChI=1S/C36H44F2N8O3/c1-21(31-26(47-3)10-14-45(31)2)48-28-16-27(46-15-13-41-34(20-46)18-36(37,38)19-34)42-33(43-28)30-23-7-5-12-35(32(23)49-44-30)11-4-6-22-8-9-25(40)24(17-39)29(22)35/h8-9,16,21,26,31,41H,4-7,10-15,18-20,40H2,1-3H3/t21-,26-,31+,35+/m0/s1. The van der Waals surface area contributed by atoms with Crippen LogP contribution in [0.25, 0.3) is 11.5 Å². The van der Waals surface area contributed by atoms with Crippen molar-refractivity contribution in [2.75, 3.05) is 51.0 Å². The lowest BCUT2D eigenvalue weighted by atomic mass is 9.61. The minimum Gasteiger partial charge on any atom is -0.473 e. The van der Waals surface area contributed by atoms with Gasteiger partial charge in [0.15, 0.2) is 17.3 Å². The monoisotopic (exact) mass is 674 g/mol. The first-order valence-corrected chi connectivity index (χ1v) is 17.5. The fraction of sp³-hybridized carbons (Fsp3) is 0.611. The van der Waals surface area contributed by atoms with E-state index >= 15 is 0 Å². The summed E-state index contributed by atoms with van der Waals surface area (Å²) in [5.41, 5.74) is 9.77. The molecule has 0 unspecified atom stereocenters. The maximum Gasteiger partial charge on any atom is 0.251 e. The molecule has 3 fully saturated rings. The summed E-state index contributed by atoms with van der Waals surface area (Å²) in [5.74, 6) is -0.531. The summed E-state index contributed by atoms with van der Waals surface area (Å²) in [6.07, 6.45) is 5.39. The highest BCUT2D eigenvalue weighted by atomic mass is 19.3. The van der Waals surface area contributed by atoms with Crippen LogP contribution in [-0.2, 0) is 23.0 Å². The zero-order valence-corrected chi connectivity index (χ0v) is 28.4. The lowest BCUT2D eigenvalue weighted by Gasteiger charge is -2.53. The molecule has 2 aromatic heterocycles. The predicted molar refractivity (Wildman–Crippen MR) is 179 cm³/mol. The number of aromatic nitrogens is 3.